The molecule has 5 fully saturated rings. The third-order valence-corrected chi connectivity index (χ3v) is 17.3. The van der Waals surface area contributed by atoms with Gasteiger partial charge in [0.15, 0.2) is 10.9 Å². The lowest BCUT2D eigenvalue weighted by molar-refractivity contribution is -0.132. The number of rotatable bonds is 10. The van der Waals surface area contributed by atoms with Crippen LogP contribution in [0.15, 0.2) is 51.9 Å². The van der Waals surface area contributed by atoms with Crippen molar-refractivity contribution in [2.45, 2.75) is 73.5 Å². The topological polar surface area (TPSA) is 96.0 Å². The van der Waals surface area contributed by atoms with E-state index >= 15 is 0 Å². The molecular weight excluding hydrogens is 960 g/mol. The second-order valence-electron chi connectivity index (χ2n) is 14.1. The Morgan fingerprint density at radius 2 is 1.34 bits per heavy atom. The molecule has 274 valence electrons. The highest BCUT2D eigenvalue weighted by Crippen LogP contribution is 2.73. The average molecular weight is 1000 g/mol. The number of esters is 1. The summed E-state index contributed by atoms with van der Waals surface area (Å²) in [7, 11) is -2.33. The number of carbonyl (C=O) groups is 2. The van der Waals surface area contributed by atoms with Gasteiger partial charge in [-0.15, -0.1) is 0 Å². The van der Waals surface area contributed by atoms with E-state index in [4.69, 9.17) is 14.2 Å². The van der Waals surface area contributed by atoms with Crippen LogP contribution in [0.4, 0.5) is 0 Å². The molecule has 0 saturated heterocycles. The van der Waals surface area contributed by atoms with Gasteiger partial charge in [0.25, 0.3) is 0 Å². The summed E-state index contributed by atoms with van der Waals surface area (Å²) >= 11 is 16.6. The van der Waals surface area contributed by atoms with E-state index in [1.165, 1.54) is 82.6 Å². The molecule has 5 aliphatic rings. The molecule has 0 radical (unpaired) electrons. The summed E-state index contributed by atoms with van der Waals surface area (Å²) in [6.45, 7) is 3.99. The summed E-state index contributed by atoms with van der Waals surface area (Å²) in [5.74, 6) is 9.17. The van der Waals surface area contributed by atoms with Gasteiger partial charge < -0.3 is 14.2 Å². The highest BCUT2D eigenvalue weighted by molar-refractivity contribution is 9.11. The Bertz CT molecular complexity index is 1690. The van der Waals surface area contributed by atoms with E-state index in [1.54, 1.807) is 18.7 Å². The quantitative estimate of drug-likeness (QED) is 0.0998. The van der Waals surface area contributed by atoms with E-state index in [0.717, 1.165) is 54.0 Å². The smallest absolute Gasteiger partial charge is 0.308 e. The van der Waals surface area contributed by atoms with Crippen LogP contribution in [-0.4, -0.2) is 56.6 Å². The predicted molar refractivity (Wildman–Crippen MR) is 213 cm³/mol. The fourth-order valence-electron chi connectivity index (χ4n) is 10.1. The maximum atomic E-state index is 12.9. The molecule has 2 aromatic carbocycles. The van der Waals surface area contributed by atoms with Crippen LogP contribution in [0.3, 0.4) is 0 Å². The number of hydrogen-bond donors (Lipinski definition) is 0. The van der Waals surface area contributed by atoms with E-state index in [9.17, 15) is 18.0 Å². The first kappa shape index (κ1) is 39.6. The molecule has 0 amide bonds. The molecule has 0 heterocycles. The molecule has 0 aliphatic heterocycles. The standard InChI is InChI=1S/C21H32O2S2.C15H10Br4O5S/c1-11(22)25-13-8-14-15(9-13)17-10-16(14)20-12-6-18(21(17)20)19(7-12)23-4-3-5-24-2;1-7(20)24-15-12(18)5-9(6-13(15)19)25(21,22)8-3-10(16)14(23-2)11(17)4-8/h12-21H,3-10H2,1-2H3;3-6H,1-2H3. The summed E-state index contributed by atoms with van der Waals surface area (Å²) in [4.78, 5) is 22.8. The van der Waals surface area contributed by atoms with Crippen molar-refractivity contribution in [2.24, 2.45) is 47.3 Å². The molecule has 7 nitrogen and oxygen atoms in total. The van der Waals surface area contributed by atoms with Crippen LogP contribution < -0.4 is 9.47 Å². The van der Waals surface area contributed by atoms with Gasteiger partial charge in [-0.05, 0) is 186 Å². The summed E-state index contributed by atoms with van der Waals surface area (Å²) < 4.78 is 44.2. The molecule has 50 heavy (non-hydrogen) atoms. The maximum Gasteiger partial charge on any atom is 0.308 e. The number of halogens is 4. The molecule has 5 saturated carbocycles. The lowest BCUT2D eigenvalue weighted by atomic mass is 9.64. The molecule has 4 bridgehead atoms. The van der Waals surface area contributed by atoms with E-state index < -0.39 is 15.8 Å². The van der Waals surface area contributed by atoms with Gasteiger partial charge in [-0.3, -0.25) is 9.59 Å². The minimum atomic E-state index is -3.82. The summed E-state index contributed by atoms with van der Waals surface area (Å²) in [6, 6.07) is 5.68. The number of benzene rings is 2. The minimum absolute atomic E-state index is 0.0334. The van der Waals surface area contributed by atoms with Crippen LogP contribution in [-0.2, 0) is 24.2 Å². The number of thioether (sulfide) groups is 2. The van der Waals surface area contributed by atoms with Crippen LogP contribution in [0.25, 0.3) is 0 Å². The number of sulfone groups is 1. The fourth-order valence-corrected chi connectivity index (χ4v) is 16.5. The zero-order valence-corrected chi connectivity index (χ0v) is 37.1. The number of methoxy groups -OCH3 is 1. The minimum Gasteiger partial charge on any atom is -0.494 e. The van der Waals surface area contributed by atoms with Gasteiger partial charge >= 0.3 is 5.97 Å². The molecule has 5 aliphatic carbocycles. The third kappa shape index (κ3) is 7.85. The van der Waals surface area contributed by atoms with Gasteiger partial charge in [0, 0.05) is 25.7 Å². The average Bonchev–Trinajstić information content (AvgIpc) is 3.85. The zero-order chi connectivity index (χ0) is 36.1. The van der Waals surface area contributed by atoms with Crippen molar-refractivity contribution in [3.05, 3.63) is 42.2 Å². The molecule has 0 aromatic heterocycles. The van der Waals surface area contributed by atoms with Crippen molar-refractivity contribution in [1.82, 2.24) is 0 Å². The van der Waals surface area contributed by atoms with Gasteiger partial charge in [-0.25, -0.2) is 8.42 Å². The zero-order valence-electron chi connectivity index (χ0n) is 28.3. The van der Waals surface area contributed by atoms with Gasteiger partial charge in [-0.1, -0.05) is 11.8 Å². The van der Waals surface area contributed by atoms with E-state index in [2.05, 4.69) is 70.0 Å². The van der Waals surface area contributed by atoms with Crippen molar-refractivity contribution in [3.63, 3.8) is 0 Å². The van der Waals surface area contributed by atoms with Crippen molar-refractivity contribution in [2.75, 3.05) is 25.7 Å². The normalized spacial score (nSPS) is 31.6. The highest BCUT2D eigenvalue weighted by atomic mass is 79.9. The Morgan fingerprint density at radius 3 is 1.86 bits per heavy atom. The van der Waals surface area contributed by atoms with Gasteiger partial charge in [-0.2, -0.15) is 11.8 Å². The number of carbonyl (C=O) groups excluding carboxylic acids is 2. The highest BCUT2D eigenvalue weighted by Gasteiger charge is 2.68. The molecule has 7 rings (SSSR count). The SMILES string of the molecule is COc1c(Br)cc(S(=O)(=O)c2cc(Br)c(OC(C)=O)c(Br)c2)cc1Br.CSCCCOC1CC2CC1C1C3CC(C4CC(SC(C)=O)CC43)C21. The monoisotopic (exact) mass is 998 g/mol. The molecule has 10 atom stereocenters. The number of ether oxygens (including phenoxy) is 3. The Kier molecular flexibility index (Phi) is 12.9. The number of hydrogen-bond acceptors (Lipinski definition) is 9. The molecule has 10 unspecified atom stereocenters. The van der Waals surface area contributed by atoms with Crippen LogP contribution >= 0.6 is 87.2 Å². The van der Waals surface area contributed by atoms with Crippen molar-refractivity contribution in [1.29, 1.82) is 0 Å². The van der Waals surface area contributed by atoms with E-state index in [1.807, 2.05) is 11.8 Å². The van der Waals surface area contributed by atoms with Crippen molar-refractivity contribution >= 4 is 108 Å². The first-order valence-corrected chi connectivity index (χ1v) is 23.9. The Morgan fingerprint density at radius 1 is 0.780 bits per heavy atom. The van der Waals surface area contributed by atoms with E-state index in [-0.39, 0.29) is 15.5 Å². The second kappa shape index (κ2) is 16.3. The van der Waals surface area contributed by atoms with Crippen molar-refractivity contribution < 1.29 is 32.2 Å². The van der Waals surface area contributed by atoms with Crippen LogP contribution in [0.2, 0.25) is 0 Å². The van der Waals surface area contributed by atoms with Crippen LogP contribution in [0.5, 0.6) is 11.5 Å². The first-order chi connectivity index (χ1) is 23.7. The summed E-state index contributed by atoms with van der Waals surface area (Å²) in [5, 5.41) is 0.962. The van der Waals surface area contributed by atoms with Crippen LogP contribution in [0.1, 0.15) is 52.4 Å². The molecule has 14 heteroatoms. The largest absolute Gasteiger partial charge is 0.494 e. The summed E-state index contributed by atoms with van der Waals surface area (Å²) in [6.07, 6.45) is 11.0. The lowest BCUT2D eigenvalue weighted by Gasteiger charge is -2.43. The Hall–Kier alpha value is -0.0900. The van der Waals surface area contributed by atoms with Crippen molar-refractivity contribution in [3.8, 4) is 11.5 Å². The first-order valence-electron chi connectivity index (χ1n) is 17.0. The third-order valence-electron chi connectivity index (χ3n) is 11.5. The van der Waals surface area contributed by atoms with Gasteiger partial charge in [0.1, 0.15) is 5.75 Å². The number of fused-ring (bicyclic) bond motifs is 12. The fraction of sp³-hybridized carbons (Fsp3) is 0.611. The second-order valence-corrected chi connectivity index (χ2v) is 22.0. The Balaban J connectivity index is 0.000000173. The van der Waals surface area contributed by atoms with Gasteiger partial charge in [0.05, 0.1) is 40.9 Å². The summed E-state index contributed by atoms with van der Waals surface area (Å²) in [5.41, 5.74) is 0. The Labute approximate surface area is 337 Å². The van der Waals surface area contributed by atoms with Crippen LogP contribution in [0, 0.1) is 47.3 Å². The molecular formula is C36H42Br4O7S3. The van der Waals surface area contributed by atoms with E-state index in [0.29, 0.717) is 40.1 Å². The maximum absolute atomic E-state index is 12.9. The predicted octanol–water partition coefficient (Wildman–Crippen LogP) is 10.2. The lowest BCUT2D eigenvalue weighted by Crippen LogP contribution is -2.41. The molecule has 2 aromatic rings. The van der Waals surface area contributed by atoms with Gasteiger partial charge in [0.2, 0.25) is 9.84 Å². The molecule has 0 spiro atoms. The molecule has 0 N–H and O–H groups in total.